The lowest BCUT2D eigenvalue weighted by Crippen LogP contribution is -2.17. The van der Waals surface area contributed by atoms with Crippen LogP contribution in [0.4, 0.5) is 0 Å². The summed E-state index contributed by atoms with van der Waals surface area (Å²) in [6.45, 7) is 5.92. The first kappa shape index (κ1) is 16.1. The SMILES string of the molecule is CC(C)(C)OC=O.O=S(=O)(Cl)c1c2c3cc(Cl)ccc3n1-2. The highest BCUT2D eigenvalue weighted by atomic mass is 35.7. The smallest absolute Gasteiger partial charge is 0.293 e. The average molecular weight is 350 g/mol. The second-order valence-corrected chi connectivity index (χ2v) is 8.33. The van der Waals surface area contributed by atoms with Crippen LogP contribution >= 0.6 is 22.3 Å². The molecule has 5 nitrogen and oxygen atoms in total. The molecule has 0 spiro atoms. The van der Waals surface area contributed by atoms with E-state index in [1.54, 1.807) is 22.8 Å². The topological polar surface area (TPSA) is 65.4 Å². The van der Waals surface area contributed by atoms with Crippen molar-refractivity contribution in [2.75, 3.05) is 0 Å². The van der Waals surface area contributed by atoms with Crippen molar-refractivity contribution in [2.24, 2.45) is 0 Å². The van der Waals surface area contributed by atoms with Crippen molar-refractivity contribution in [1.82, 2.24) is 4.57 Å². The zero-order chi connectivity index (χ0) is 16.0. The van der Waals surface area contributed by atoms with Crippen LogP contribution in [-0.2, 0) is 18.6 Å². The fourth-order valence-corrected chi connectivity index (χ4v) is 3.22. The molecule has 8 heteroatoms. The first-order valence-electron chi connectivity index (χ1n) is 5.97. The number of halogens is 2. The highest BCUT2D eigenvalue weighted by Gasteiger charge is 2.40. The van der Waals surface area contributed by atoms with Crippen LogP contribution in [0.15, 0.2) is 23.2 Å². The standard InChI is InChI=1S/C8H3Cl2NO2S.C5H10O2/c9-4-1-2-6-5(3-4)7-8(11(6)7)14(10,12)13;1-5(2,3)7-4-6/h1-3H;4H,1-3H3. The molecule has 2 aliphatic rings. The van der Waals surface area contributed by atoms with Crippen molar-refractivity contribution in [3.05, 3.63) is 23.2 Å². The third-order valence-corrected chi connectivity index (χ3v) is 4.18. The lowest BCUT2D eigenvalue weighted by Gasteiger charge is -2.14. The molecule has 0 saturated heterocycles. The second kappa shape index (κ2) is 5.19. The maximum absolute atomic E-state index is 11.0. The van der Waals surface area contributed by atoms with Crippen molar-refractivity contribution < 1.29 is 17.9 Å². The number of rotatable bonds is 2. The summed E-state index contributed by atoms with van der Waals surface area (Å²) in [5.41, 5.74) is 1.21. The van der Waals surface area contributed by atoms with Gasteiger partial charge in [0.05, 0.1) is 11.2 Å². The molecule has 0 amide bonds. The Morgan fingerprint density at radius 1 is 1.29 bits per heavy atom. The quantitative estimate of drug-likeness (QED) is 0.524. The van der Waals surface area contributed by atoms with Gasteiger partial charge in [-0.3, -0.25) is 9.36 Å². The number of carbonyl (C=O) groups is 1. The number of aromatic nitrogens is 1. The van der Waals surface area contributed by atoms with Crippen LogP contribution in [-0.4, -0.2) is 25.1 Å². The maximum Gasteiger partial charge on any atom is 0.293 e. The van der Waals surface area contributed by atoms with Gasteiger partial charge in [-0.25, -0.2) is 8.42 Å². The third kappa shape index (κ3) is 3.33. The van der Waals surface area contributed by atoms with E-state index in [1.165, 1.54) is 0 Å². The second-order valence-electron chi connectivity index (χ2n) is 5.41. The predicted molar refractivity (Wildman–Crippen MR) is 81.8 cm³/mol. The summed E-state index contributed by atoms with van der Waals surface area (Å²) in [6, 6.07) is 5.22. The van der Waals surface area contributed by atoms with E-state index in [0.717, 1.165) is 10.9 Å². The van der Waals surface area contributed by atoms with E-state index in [0.29, 0.717) is 17.2 Å². The highest BCUT2D eigenvalue weighted by Crippen LogP contribution is 2.49. The molecule has 0 atom stereocenters. The van der Waals surface area contributed by atoms with Crippen molar-refractivity contribution in [3.8, 4) is 5.69 Å². The van der Waals surface area contributed by atoms with Crippen LogP contribution in [0, 0.1) is 0 Å². The largest absolute Gasteiger partial charge is 0.462 e. The fraction of sp³-hybridized carbons (Fsp3) is 0.308. The number of ether oxygens (including phenoxy) is 1. The molecule has 0 aliphatic carbocycles. The van der Waals surface area contributed by atoms with E-state index >= 15 is 0 Å². The molecule has 2 heterocycles. The zero-order valence-electron chi connectivity index (χ0n) is 11.6. The molecule has 0 bridgehead atoms. The molecule has 0 unspecified atom stereocenters. The van der Waals surface area contributed by atoms with Crippen LogP contribution in [0.5, 0.6) is 0 Å². The minimum Gasteiger partial charge on any atom is -0.462 e. The van der Waals surface area contributed by atoms with Gasteiger partial charge < -0.3 is 4.74 Å². The van der Waals surface area contributed by atoms with Gasteiger partial charge in [-0.05, 0) is 39.0 Å². The van der Waals surface area contributed by atoms with Crippen LogP contribution in [0.3, 0.4) is 0 Å². The molecule has 114 valence electrons. The molecular weight excluding hydrogens is 337 g/mol. The first-order chi connectivity index (χ1) is 9.56. The van der Waals surface area contributed by atoms with Crippen molar-refractivity contribution in [2.45, 2.75) is 31.4 Å². The maximum atomic E-state index is 11.0. The number of nitrogens with zero attached hydrogens (tertiary/aromatic N) is 1. The molecule has 0 aromatic heterocycles. The van der Waals surface area contributed by atoms with Gasteiger partial charge in [0.2, 0.25) is 0 Å². The van der Waals surface area contributed by atoms with E-state index in [9.17, 15) is 13.2 Å². The molecule has 1 aromatic rings. The summed E-state index contributed by atoms with van der Waals surface area (Å²) in [7, 11) is 1.62. The summed E-state index contributed by atoms with van der Waals surface area (Å²) >= 11 is 5.77. The Bertz CT molecular complexity index is 819. The van der Waals surface area contributed by atoms with E-state index in [2.05, 4.69) is 4.74 Å². The highest BCUT2D eigenvalue weighted by molar-refractivity contribution is 8.14. The lowest BCUT2D eigenvalue weighted by molar-refractivity contribution is -0.138. The molecule has 21 heavy (non-hydrogen) atoms. The Hall–Kier alpha value is -1.24. The van der Waals surface area contributed by atoms with E-state index in [1.807, 2.05) is 20.8 Å². The monoisotopic (exact) mass is 349 g/mol. The van der Waals surface area contributed by atoms with Gasteiger partial charge in [0, 0.05) is 21.1 Å². The van der Waals surface area contributed by atoms with Gasteiger partial charge in [-0.2, -0.15) is 0 Å². The van der Waals surface area contributed by atoms with Crippen molar-refractivity contribution in [1.29, 1.82) is 0 Å². The van der Waals surface area contributed by atoms with Crippen LogP contribution in [0.1, 0.15) is 20.8 Å². The zero-order valence-corrected chi connectivity index (χ0v) is 13.9. The molecule has 2 aliphatic heterocycles. The van der Waals surface area contributed by atoms with Crippen molar-refractivity contribution >= 4 is 48.7 Å². The Morgan fingerprint density at radius 3 is 2.33 bits per heavy atom. The van der Waals surface area contributed by atoms with E-state index in [4.69, 9.17) is 22.3 Å². The van der Waals surface area contributed by atoms with Gasteiger partial charge in [0.1, 0.15) is 5.60 Å². The molecule has 0 saturated carbocycles. The number of benzene rings is 1. The lowest BCUT2D eigenvalue weighted by atomic mass is 10.2. The summed E-state index contributed by atoms with van der Waals surface area (Å²) in [5, 5.41) is 1.64. The van der Waals surface area contributed by atoms with Crippen molar-refractivity contribution in [3.63, 3.8) is 0 Å². The van der Waals surface area contributed by atoms with Gasteiger partial charge in [0.25, 0.3) is 15.5 Å². The minimum atomic E-state index is -3.61. The fourth-order valence-electron chi connectivity index (χ4n) is 1.82. The minimum absolute atomic E-state index is 0.191. The molecule has 0 fully saturated rings. The third-order valence-electron chi connectivity index (χ3n) is 2.67. The van der Waals surface area contributed by atoms with E-state index < -0.39 is 9.05 Å². The van der Waals surface area contributed by atoms with Crippen LogP contribution < -0.4 is 0 Å². The molecule has 0 N–H and O–H groups in total. The summed E-state index contributed by atoms with van der Waals surface area (Å²) in [6.07, 6.45) is 0. The van der Waals surface area contributed by atoms with Gasteiger partial charge in [-0.15, -0.1) is 0 Å². The van der Waals surface area contributed by atoms with E-state index in [-0.39, 0.29) is 10.6 Å². The molecular formula is C13H13Cl2NO4S. The van der Waals surface area contributed by atoms with Gasteiger partial charge in [0.15, 0.2) is 5.03 Å². The average Bonchev–Trinajstić information content (AvgIpc) is 2.95. The number of carbonyl (C=O) groups excluding carboxylic acids is 1. The van der Waals surface area contributed by atoms with Crippen LogP contribution in [0.2, 0.25) is 5.02 Å². The Labute approximate surface area is 131 Å². The normalized spacial score (nSPS) is 12.6. The molecule has 3 rings (SSSR count). The molecule has 0 radical (unpaired) electrons. The van der Waals surface area contributed by atoms with Crippen LogP contribution in [0.25, 0.3) is 16.6 Å². The number of hydrogen-bond donors (Lipinski definition) is 0. The predicted octanol–water partition coefficient (Wildman–Crippen LogP) is 3.48. The number of fused-ring (bicyclic) bond motifs is 4. The Balaban J connectivity index is 0.000000199. The number of hydrogen-bond acceptors (Lipinski definition) is 4. The molecule has 1 aromatic carbocycles. The first-order valence-corrected chi connectivity index (χ1v) is 8.65. The summed E-state index contributed by atoms with van der Waals surface area (Å²) < 4.78 is 28.2. The van der Waals surface area contributed by atoms with Gasteiger partial charge in [-0.1, -0.05) is 11.6 Å². The Morgan fingerprint density at radius 2 is 1.90 bits per heavy atom. The Kier molecular flexibility index (Phi) is 3.99. The summed E-state index contributed by atoms with van der Waals surface area (Å²) in [4.78, 5) is 9.60. The summed E-state index contributed by atoms with van der Waals surface area (Å²) in [5.74, 6) is 0. The van der Waals surface area contributed by atoms with Gasteiger partial charge >= 0.3 is 0 Å².